The Morgan fingerprint density at radius 1 is 0.848 bits per heavy atom. The summed E-state index contributed by atoms with van der Waals surface area (Å²) in [6.07, 6.45) is 8.70. The van der Waals surface area contributed by atoms with Gasteiger partial charge in [-0.2, -0.15) is 5.10 Å². The number of aromatic nitrogens is 7. The van der Waals surface area contributed by atoms with Gasteiger partial charge in [0.25, 0.3) is 0 Å². The Kier molecular flexibility index (Phi) is 7.95. The van der Waals surface area contributed by atoms with Crippen LogP contribution in [-0.4, -0.2) is 35.4 Å². The van der Waals surface area contributed by atoms with Gasteiger partial charge in [-0.25, -0.2) is 14.8 Å². The molecule has 7 heteroatoms. The molecule has 0 saturated heterocycles. The summed E-state index contributed by atoms with van der Waals surface area (Å²) in [6, 6.07) is 17.1. The molecular weight excluding hydrogens is 410 g/mol. The van der Waals surface area contributed by atoms with Crippen molar-refractivity contribution in [2.24, 2.45) is 0 Å². The van der Waals surface area contributed by atoms with Gasteiger partial charge in [0.1, 0.15) is 5.82 Å². The summed E-state index contributed by atoms with van der Waals surface area (Å²) in [5.74, 6) is 2.80. The summed E-state index contributed by atoms with van der Waals surface area (Å²) in [4.78, 5) is 4.86. The van der Waals surface area contributed by atoms with E-state index in [4.69, 9.17) is 10.1 Å². The second kappa shape index (κ2) is 11.5. The first kappa shape index (κ1) is 22.8. The van der Waals surface area contributed by atoms with Crippen molar-refractivity contribution in [1.29, 1.82) is 0 Å². The number of aromatic amines is 1. The molecule has 0 aliphatic rings. The minimum Gasteiger partial charge on any atom is -0.245 e. The minimum absolute atomic E-state index is 0.697. The number of H-pyrrole nitrogens is 1. The second-order valence-electron chi connectivity index (χ2n) is 8.56. The molecule has 7 nitrogen and oxygen atoms in total. The fourth-order valence-electron chi connectivity index (χ4n) is 4.05. The third kappa shape index (κ3) is 6.12. The van der Waals surface area contributed by atoms with Crippen LogP contribution in [0.4, 0.5) is 0 Å². The van der Waals surface area contributed by atoms with Gasteiger partial charge in [0.15, 0.2) is 11.6 Å². The predicted molar refractivity (Wildman–Crippen MR) is 130 cm³/mol. The van der Waals surface area contributed by atoms with Crippen LogP contribution in [0.15, 0.2) is 48.5 Å². The molecule has 0 aliphatic carbocycles. The summed E-state index contributed by atoms with van der Waals surface area (Å²) >= 11 is 0. The third-order valence-electron chi connectivity index (χ3n) is 5.92. The number of hydrogen-bond acceptors (Lipinski definition) is 5. The van der Waals surface area contributed by atoms with Gasteiger partial charge >= 0.3 is 0 Å². The predicted octanol–water partition coefficient (Wildman–Crippen LogP) is 5.17. The van der Waals surface area contributed by atoms with Crippen molar-refractivity contribution in [2.75, 3.05) is 0 Å². The lowest BCUT2D eigenvalue weighted by Crippen LogP contribution is -2.07. The van der Waals surface area contributed by atoms with Crippen molar-refractivity contribution in [3.8, 4) is 11.4 Å². The number of nitrogens with one attached hydrogen (secondary N) is 1. The van der Waals surface area contributed by atoms with Crippen molar-refractivity contribution in [2.45, 2.75) is 71.8 Å². The lowest BCUT2D eigenvalue weighted by molar-refractivity contribution is 0.602. The molecule has 0 amide bonds. The molecule has 2 aromatic carbocycles. The first-order chi connectivity index (χ1) is 16.3. The lowest BCUT2D eigenvalue weighted by atomic mass is 9.98. The lowest BCUT2D eigenvalue weighted by Gasteiger charge is -2.09. The van der Waals surface area contributed by atoms with Crippen LogP contribution in [0.1, 0.15) is 74.3 Å². The highest BCUT2D eigenvalue weighted by molar-refractivity contribution is 5.60. The summed E-state index contributed by atoms with van der Waals surface area (Å²) in [5, 5.41) is 19.2. The van der Waals surface area contributed by atoms with Gasteiger partial charge in [-0.15, -0.1) is 5.10 Å². The smallest absolute Gasteiger partial charge is 0.179 e. The standard InChI is InChI=1S/C26H33N7/c1-3-5-7-13-25-27-24(12-6-4-2)30-33(25)19-21-16-14-20(15-17-21)18-22-10-8-9-11-23(22)26-28-31-32-29-26/h8-11,14-17H,3-7,12-13,18-19H2,1-2H3,(H,28,29,31,32). The Morgan fingerprint density at radius 2 is 1.64 bits per heavy atom. The quantitative estimate of drug-likeness (QED) is 0.305. The molecule has 1 N–H and O–H groups in total. The largest absolute Gasteiger partial charge is 0.245 e. The number of unbranched alkanes of at least 4 members (excludes halogenated alkanes) is 3. The van der Waals surface area contributed by atoms with Gasteiger partial charge in [0.05, 0.1) is 6.54 Å². The van der Waals surface area contributed by atoms with E-state index in [1.807, 2.05) is 12.1 Å². The molecule has 0 fully saturated rings. The van der Waals surface area contributed by atoms with Crippen molar-refractivity contribution < 1.29 is 0 Å². The molecule has 0 spiro atoms. The Balaban J connectivity index is 1.46. The molecule has 2 heterocycles. The normalized spacial score (nSPS) is 11.2. The van der Waals surface area contributed by atoms with E-state index >= 15 is 0 Å². The zero-order valence-corrected chi connectivity index (χ0v) is 19.7. The highest BCUT2D eigenvalue weighted by Crippen LogP contribution is 2.22. The summed E-state index contributed by atoms with van der Waals surface area (Å²) in [5.41, 5.74) is 4.73. The summed E-state index contributed by atoms with van der Waals surface area (Å²) in [6.45, 7) is 5.21. The van der Waals surface area contributed by atoms with Gasteiger partial charge in [-0.1, -0.05) is 81.6 Å². The second-order valence-corrected chi connectivity index (χ2v) is 8.56. The highest BCUT2D eigenvalue weighted by atomic mass is 15.5. The number of tetrazole rings is 1. The van der Waals surface area contributed by atoms with E-state index in [9.17, 15) is 0 Å². The van der Waals surface area contributed by atoms with E-state index in [0.717, 1.165) is 55.9 Å². The maximum atomic E-state index is 4.86. The summed E-state index contributed by atoms with van der Waals surface area (Å²) < 4.78 is 2.11. The molecular formula is C26H33N7. The first-order valence-electron chi connectivity index (χ1n) is 12.1. The van der Waals surface area contributed by atoms with Crippen molar-refractivity contribution in [1.82, 2.24) is 35.4 Å². The average molecular weight is 444 g/mol. The maximum Gasteiger partial charge on any atom is 0.179 e. The third-order valence-corrected chi connectivity index (χ3v) is 5.92. The zero-order valence-electron chi connectivity index (χ0n) is 19.7. The monoisotopic (exact) mass is 443 g/mol. The molecule has 172 valence electrons. The van der Waals surface area contributed by atoms with Gasteiger partial charge in [0, 0.05) is 18.4 Å². The number of nitrogens with zero attached hydrogens (tertiary/aromatic N) is 6. The first-order valence-corrected chi connectivity index (χ1v) is 12.1. The Hall–Kier alpha value is -3.35. The fourth-order valence-corrected chi connectivity index (χ4v) is 4.05. The molecule has 0 unspecified atom stereocenters. The molecule has 33 heavy (non-hydrogen) atoms. The molecule has 0 aliphatic heterocycles. The van der Waals surface area contributed by atoms with E-state index in [-0.39, 0.29) is 0 Å². The van der Waals surface area contributed by atoms with Crippen LogP contribution < -0.4 is 0 Å². The van der Waals surface area contributed by atoms with Crippen molar-refractivity contribution in [3.05, 3.63) is 76.9 Å². The highest BCUT2D eigenvalue weighted by Gasteiger charge is 2.11. The number of rotatable bonds is 12. The Bertz CT molecular complexity index is 1110. The molecule has 0 bridgehead atoms. The van der Waals surface area contributed by atoms with Crippen molar-refractivity contribution in [3.63, 3.8) is 0 Å². The van der Waals surface area contributed by atoms with Gasteiger partial charge < -0.3 is 0 Å². The molecule has 0 atom stereocenters. The molecule has 4 aromatic rings. The van der Waals surface area contributed by atoms with E-state index in [1.165, 1.54) is 36.0 Å². The molecule has 2 aromatic heterocycles. The minimum atomic E-state index is 0.697. The number of hydrogen-bond donors (Lipinski definition) is 1. The van der Waals surface area contributed by atoms with E-state index in [0.29, 0.717) is 5.82 Å². The summed E-state index contributed by atoms with van der Waals surface area (Å²) in [7, 11) is 0. The average Bonchev–Trinajstić information content (AvgIpc) is 3.50. The van der Waals surface area contributed by atoms with E-state index < -0.39 is 0 Å². The number of aryl methyl sites for hydroxylation is 2. The SMILES string of the molecule is CCCCCc1nc(CCCC)nn1Cc1ccc(Cc2ccccc2-c2nnn[nH]2)cc1. The molecule has 0 saturated carbocycles. The van der Waals surface area contributed by atoms with Crippen molar-refractivity contribution >= 4 is 0 Å². The fraction of sp³-hybridized carbons (Fsp3) is 0.423. The maximum absolute atomic E-state index is 4.86. The van der Waals surface area contributed by atoms with Crippen LogP contribution in [0.25, 0.3) is 11.4 Å². The van der Waals surface area contributed by atoms with Gasteiger partial charge in [-0.3, -0.25) is 0 Å². The molecule has 4 rings (SSSR count). The Morgan fingerprint density at radius 3 is 2.39 bits per heavy atom. The van der Waals surface area contributed by atoms with E-state index in [1.54, 1.807) is 0 Å². The topological polar surface area (TPSA) is 85.2 Å². The Labute approximate surface area is 195 Å². The van der Waals surface area contributed by atoms with Gasteiger partial charge in [-0.05, 0) is 46.4 Å². The van der Waals surface area contributed by atoms with Crippen LogP contribution in [0.3, 0.4) is 0 Å². The van der Waals surface area contributed by atoms with E-state index in [2.05, 4.69) is 75.6 Å². The molecule has 0 radical (unpaired) electrons. The number of benzene rings is 2. The van der Waals surface area contributed by atoms with Gasteiger partial charge in [0.2, 0.25) is 0 Å². The zero-order chi connectivity index (χ0) is 22.9. The van der Waals surface area contributed by atoms with Crippen LogP contribution in [-0.2, 0) is 25.8 Å². The van der Waals surface area contributed by atoms with Crippen LogP contribution in [0, 0.1) is 0 Å². The van der Waals surface area contributed by atoms with Crippen LogP contribution in [0.5, 0.6) is 0 Å². The van der Waals surface area contributed by atoms with Crippen LogP contribution >= 0.6 is 0 Å². The van der Waals surface area contributed by atoms with Crippen LogP contribution in [0.2, 0.25) is 0 Å².